The van der Waals surface area contributed by atoms with Crippen molar-refractivity contribution in [2.45, 2.75) is 17.9 Å². The molecular weight excluding hydrogens is 417 g/mol. The summed E-state index contributed by atoms with van der Waals surface area (Å²) in [5.74, 6) is -0.0161. The number of methoxy groups -OCH3 is 1. The Labute approximate surface area is 176 Å². The second kappa shape index (κ2) is 8.87. The van der Waals surface area contributed by atoms with E-state index in [1.165, 1.54) is 37.4 Å². The molecule has 2 aromatic rings. The molecule has 1 fully saturated rings. The van der Waals surface area contributed by atoms with E-state index in [4.69, 9.17) is 16.3 Å². The summed E-state index contributed by atoms with van der Waals surface area (Å²) in [6, 6.07) is 8.13. The van der Waals surface area contributed by atoms with E-state index in [1.807, 2.05) is 0 Å². The maximum atomic E-state index is 14.0. The van der Waals surface area contributed by atoms with Gasteiger partial charge in [0.15, 0.2) is 0 Å². The van der Waals surface area contributed by atoms with Gasteiger partial charge < -0.3 is 14.5 Å². The molecule has 0 spiro atoms. The van der Waals surface area contributed by atoms with Gasteiger partial charge in [-0.3, -0.25) is 0 Å². The lowest BCUT2D eigenvalue weighted by Crippen LogP contribution is -2.45. The number of benzene rings is 2. The second-order valence-electron chi connectivity index (χ2n) is 7.13. The molecule has 0 aromatic heterocycles. The van der Waals surface area contributed by atoms with Crippen molar-refractivity contribution in [2.75, 3.05) is 45.2 Å². The Bertz CT molecular complexity index is 979. The van der Waals surface area contributed by atoms with Crippen molar-refractivity contribution in [3.8, 4) is 5.75 Å². The number of likely N-dealkylation sites (N-methyl/N-ethyl adjacent to an activating group) is 1. The standard InChI is InChI=1S/C20H25ClFN3O3S/c1-14(23-29(26,27)16-5-7-20(28-3)18(21)13-16)17-12-15(22)4-6-19(17)25-10-8-24(2)9-11-25/h4-7,12-14,23H,8-11H2,1-3H3. The van der Waals surface area contributed by atoms with E-state index in [0.717, 1.165) is 31.9 Å². The highest BCUT2D eigenvalue weighted by molar-refractivity contribution is 7.89. The first kappa shape index (κ1) is 21.8. The van der Waals surface area contributed by atoms with Crippen LogP contribution in [-0.4, -0.2) is 53.7 Å². The molecule has 158 valence electrons. The van der Waals surface area contributed by atoms with Crippen molar-refractivity contribution in [3.63, 3.8) is 0 Å². The predicted octanol–water partition coefficient (Wildman–Crippen LogP) is 3.28. The molecule has 0 radical (unpaired) electrons. The topological polar surface area (TPSA) is 61.9 Å². The van der Waals surface area contributed by atoms with Crippen molar-refractivity contribution in [3.05, 3.63) is 52.8 Å². The molecule has 29 heavy (non-hydrogen) atoms. The van der Waals surface area contributed by atoms with Gasteiger partial charge in [0.25, 0.3) is 0 Å². The monoisotopic (exact) mass is 441 g/mol. The van der Waals surface area contributed by atoms with Gasteiger partial charge in [-0.05, 0) is 55.9 Å². The van der Waals surface area contributed by atoms with E-state index in [-0.39, 0.29) is 9.92 Å². The Morgan fingerprint density at radius 1 is 1.14 bits per heavy atom. The molecule has 9 heteroatoms. The van der Waals surface area contributed by atoms with Crippen LogP contribution in [0.1, 0.15) is 18.5 Å². The van der Waals surface area contributed by atoms with Gasteiger partial charge in [0.1, 0.15) is 11.6 Å². The maximum absolute atomic E-state index is 14.0. The quantitative estimate of drug-likeness (QED) is 0.745. The van der Waals surface area contributed by atoms with E-state index >= 15 is 0 Å². The summed E-state index contributed by atoms with van der Waals surface area (Å²) in [6.45, 7) is 5.07. The predicted molar refractivity (Wildman–Crippen MR) is 113 cm³/mol. The Balaban J connectivity index is 1.87. The number of hydrogen-bond acceptors (Lipinski definition) is 5. The fourth-order valence-corrected chi connectivity index (χ4v) is 4.96. The van der Waals surface area contributed by atoms with Crippen molar-refractivity contribution in [1.82, 2.24) is 9.62 Å². The fraction of sp³-hybridized carbons (Fsp3) is 0.400. The molecule has 0 saturated carbocycles. The first-order valence-corrected chi connectivity index (χ1v) is 11.2. The molecule has 1 saturated heterocycles. The smallest absolute Gasteiger partial charge is 0.241 e. The molecule has 1 heterocycles. The van der Waals surface area contributed by atoms with Crippen LogP contribution in [0.15, 0.2) is 41.3 Å². The average Bonchev–Trinajstić information content (AvgIpc) is 2.68. The third-order valence-electron chi connectivity index (χ3n) is 5.07. The lowest BCUT2D eigenvalue weighted by Gasteiger charge is -2.36. The van der Waals surface area contributed by atoms with Gasteiger partial charge in [0.2, 0.25) is 10.0 Å². The van der Waals surface area contributed by atoms with Gasteiger partial charge in [-0.15, -0.1) is 0 Å². The SMILES string of the molecule is COc1ccc(S(=O)(=O)NC(C)c2cc(F)ccc2N2CCN(C)CC2)cc1Cl. The number of piperazine rings is 1. The normalized spacial score (nSPS) is 16.7. The van der Waals surface area contributed by atoms with Crippen molar-refractivity contribution < 1.29 is 17.5 Å². The summed E-state index contributed by atoms with van der Waals surface area (Å²) in [4.78, 5) is 4.40. The Hall–Kier alpha value is -1.87. The number of halogens is 2. The number of hydrogen-bond donors (Lipinski definition) is 1. The summed E-state index contributed by atoms with van der Waals surface area (Å²) in [5, 5.41) is 0.201. The van der Waals surface area contributed by atoms with E-state index in [0.29, 0.717) is 11.3 Å². The molecule has 0 bridgehead atoms. The molecule has 1 atom stereocenters. The Morgan fingerprint density at radius 2 is 1.83 bits per heavy atom. The van der Waals surface area contributed by atoms with Gasteiger partial charge in [-0.25, -0.2) is 17.5 Å². The zero-order valence-electron chi connectivity index (χ0n) is 16.7. The van der Waals surface area contributed by atoms with Gasteiger partial charge in [-0.2, -0.15) is 0 Å². The zero-order valence-corrected chi connectivity index (χ0v) is 18.2. The Morgan fingerprint density at radius 3 is 2.45 bits per heavy atom. The number of sulfonamides is 1. The number of ether oxygens (including phenoxy) is 1. The van der Waals surface area contributed by atoms with Crippen LogP contribution in [0.5, 0.6) is 5.75 Å². The minimum atomic E-state index is -3.86. The van der Waals surface area contributed by atoms with Crippen molar-refractivity contribution >= 4 is 27.3 Å². The molecule has 6 nitrogen and oxygen atoms in total. The lowest BCUT2D eigenvalue weighted by atomic mass is 10.0. The highest BCUT2D eigenvalue weighted by atomic mass is 35.5. The van der Waals surface area contributed by atoms with Crippen LogP contribution in [0.25, 0.3) is 0 Å². The third-order valence-corrected chi connectivity index (χ3v) is 6.90. The summed E-state index contributed by atoms with van der Waals surface area (Å²) < 4.78 is 47.4. The Kier molecular flexibility index (Phi) is 6.68. The molecular formula is C20H25ClFN3O3S. The summed E-state index contributed by atoms with van der Waals surface area (Å²) in [6.07, 6.45) is 0. The van der Waals surface area contributed by atoms with Crippen LogP contribution in [0, 0.1) is 5.82 Å². The van der Waals surface area contributed by atoms with Gasteiger partial charge in [0.05, 0.1) is 17.0 Å². The first-order chi connectivity index (χ1) is 13.7. The van der Waals surface area contributed by atoms with Crippen molar-refractivity contribution in [1.29, 1.82) is 0 Å². The molecule has 2 aromatic carbocycles. The van der Waals surface area contributed by atoms with Gasteiger partial charge in [-0.1, -0.05) is 11.6 Å². The summed E-state index contributed by atoms with van der Waals surface area (Å²) >= 11 is 6.07. The van der Waals surface area contributed by atoms with Crippen LogP contribution >= 0.6 is 11.6 Å². The first-order valence-electron chi connectivity index (χ1n) is 9.30. The van der Waals surface area contributed by atoms with E-state index < -0.39 is 21.9 Å². The second-order valence-corrected chi connectivity index (χ2v) is 9.25. The molecule has 1 aliphatic rings. The van der Waals surface area contributed by atoms with Crippen LogP contribution in [0.2, 0.25) is 5.02 Å². The van der Waals surface area contributed by atoms with Crippen LogP contribution in [0.4, 0.5) is 10.1 Å². The molecule has 1 N–H and O–H groups in total. The summed E-state index contributed by atoms with van der Waals surface area (Å²) in [7, 11) is -0.350. The summed E-state index contributed by atoms with van der Waals surface area (Å²) in [5.41, 5.74) is 1.43. The maximum Gasteiger partial charge on any atom is 0.241 e. The molecule has 0 amide bonds. The van der Waals surface area contributed by atoms with E-state index in [2.05, 4.69) is 21.6 Å². The molecule has 3 rings (SSSR count). The number of rotatable bonds is 6. The highest BCUT2D eigenvalue weighted by Crippen LogP contribution is 2.31. The van der Waals surface area contributed by atoms with Crippen molar-refractivity contribution in [2.24, 2.45) is 0 Å². The molecule has 1 unspecified atom stereocenters. The minimum absolute atomic E-state index is 0.0210. The van der Waals surface area contributed by atoms with E-state index in [9.17, 15) is 12.8 Å². The van der Waals surface area contributed by atoms with Crippen LogP contribution in [0.3, 0.4) is 0 Å². The molecule has 0 aliphatic carbocycles. The number of nitrogens with zero attached hydrogens (tertiary/aromatic N) is 2. The van der Waals surface area contributed by atoms with Crippen LogP contribution < -0.4 is 14.4 Å². The van der Waals surface area contributed by atoms with E-state index in [1.54, 1.807) is 13.0 Å². The average molecular weight is 442 g/mol. The fourth-order valence-electron chi connectivity index (χ4n) is 3.39. The zero-order chi connectivity index (χ0) is 21.2. The molecule has 1 aliphatic heterocycles. The van der Waals surface area contributed by atoms with Gasteiger partial charge >= 0.3 is 0 Å². The van der Waals surface area contributed by atoms with Gasteiger partial charge in [0, 0.05) is 37.9 Å². The third kappa shape index (κ3) is 5.01. The largest absolute Gasteiger partial charge is 0.495 e. The lowest BCUT2D eigenvalue weighted by molar-refractivity contribution is 0.312. The number of nitrogens with one attached hydrogen (secondary N) is 1. The van der Waals surface area contributed by atoms with Crippen LogP contribution in [-0.2, 0) is 10.0 Å². The highest BCUT2D eigenvalue weighted by Gasteiger charge is 2.24. The number of anilines is 1. The minimum Gasteiger partial charge on any atom is -0.495 e.